The SMILES string of the molecule is C[C@@H]1CCCCN1CC(=O)NC1CC1. The summed E-state index contributed by atoms with van der Waals surface area (Å²) in [5, 5.41) is 3.04. The van der Waals surface area contributed by atoms with Crippen LogP contribution >= 0.6 is 0 Å². The number of carbonyl (C=O) groups excluding carboxylic acids is 1. The van der Waals surface area contributed by atoms with Crippen LogP contribution in [0.2, 0.25) is 0 Å². The highest BCUT2D eigenvalue weighted by Gasteiger charge is 2.25. The van der Waals surface area contributed by atoms with Gasteiger partial charge in [0.25, 0.3) is 0 Å². The molecule has 1 N–H and O–H groups in total. The number of amides is 1. The zero-order chi connectivity index (χ0) is 9.97. The topological polar surface area (TPSA) is 32.3 Å². The van der Waals surface area contributed by atoms with Crippen molar-refractivity contribution in [1.29, 1.82) is 0 Å². The molecule has 1 saturated carbocycles. The Morgan fingerprint density at radius 3 is 2.79 bits per heavy atom. The van der Waals surface area contributed by atoms with Crippen LogP contribution in [-0.2, 0) is 4.79 Å². The van der Waals surface area contributed by atoms with E-state index in [1.807, 2.05) is 0 Å². The van der Waals surface area contributed by atoms with Gasteiger partial charge in [0, 0.05) is 12.1 Å². The summed E-state index contributed by atoms with van der Waals surface area (Å²) >= 11 is 0. The molecule has 0 spiro atoms. The Morgan fingerprint density at radius 1 is 1.36 bits per heavy atom. The molecule has 0 aromatic carbocycles. The van der Waals surface area contributed by atoms with Crippen molar-refractivity contribution in [3.8, 4) is 0 Å². The molecule has 0 unspecified atom stereocenters. The Kier molecular flexibility index (Phi) is 3.06. The van der Waals surface area contributed by atoms with Gasteiger partial charge in [0.2, 0.25) is 5.91 Å². The van der Waals surface area contributed by atoms with E-state index in [1.165, 1.54) is 32.1 Å². The van der Waals surface area contributed by atoms with E-state index >= 15 is 0 Å². The molecule has 1 amide bonds. The minimum Gasteiger partial charge on any atom is -0.352 e. The van der Waals surface area contributed by atoms with E-state index in [0.29, 0.717) is 18.6 Å². The Bertz CT molecular complexity index is 213. The molecule has 2 aliphatic rings. The van der Waals surface area contributed by atoms with E-state index in [9.17, 15) is 4.79 Å². The number of rotatable bonds is 3. The summed E-state index contributed by atoms with van der Waals surface area (Å²) < 4.78 is 0. The highest BCUT2D eigenvalue weighted by Crippen LogP contribution is 2.19. The van der Waals surface area contributed by atoms with Crippen molar-refractivity contribution >= 4 is 5.91 Å². The van der Waals surface area contributed by atoms with Crippen LogP contribution in [0.25, 0.3) is 0 Å². The van der Waals surface area contributed by atoms with Crippen molar-refractivity contribution in [3.05, 3.63) is 0 Å². The Hall–Kier alpha value is -0.570. The fourth-order valence-electron chi connectivity index (χ4n) is 2.08. The zero-order valence-corrected chi connectivity index (χ0v) is 8.96. The summed E-state index contributed by atoms with van der Waals surface area (Å²) in [4.78, 5) is 13.9. The molecule has 1 atom stereocenters. The van der Waals surface area contributed by atoms with Crippen molar-refractivity contribution in [2.24, 2.45) is 0 Å². The first-order valence-corrected chi connectivity index (χ1v) is 5.79. The van der Waals surface area contributed by atoms with E-state index in [2.05, 4.69) is 17.1 Å². The third-order valence-corrected chi connectivity index (χ3v) is 3.23. The highest BCUT2D eigenvalue weighted by atomic mass is 16.2. The number of carbonyl (C=O) groups is 1. The molecule has 80 valence electrons. The van der Waals surface area contributed by atoms with Crippen molar-refractivity contribution < 1.29 is 4.79 Å². The number of nitrogens with one attached hydrogen (secondary N) is 1. The third-order valence-electron chi connectivity index (χ3n) is 3.23. The standard InChI is InChI=1S/C11H20N2O/c1-9-4-2-3-7-13(9)8-11(14)12-10-5-6-10/h9-10H,2-8H2,1H3,(H,12,14)/t9-/m1/s1. The lowest BCUT2D eigenvalue weighted by Gasteiger charge is -2.32. The molecule has 1 saturated heterocycles. The molecule has 1 aliphatic heterocycles. The van der Waals surface area contributed by atoms with Gasteiger partial charge in [0.15, 0.2) is 0 Å². The minimum atomic E-state index is 0.223. The minimum absolute atomic E-state index is 0.223. The number of hydrogen-bond acceptors (Lipinski definition) is 2. The van der Waals surface area contributed by atoms with Gasteiger partial charge < -0.3 is 5.32 Å². The second kappa shape index (κ2) is 4.30. The fraction of sp³-hybridized carbons (Fsp3) is 0.909. The van der Waals surface area contributed by atoms with Crippen molar-refractivity contribution in [1.82, 2.24) is 10.2 Å². The van der Waals surface area contributed by atoms with Crippen molar-refractivity contribution in [3.63, 3.8) is 0 Å². The second-order valence-electron chi connectivity index (χ2n) is 4.66. The highest BCUT2D eigenvalue weighted by molar-refractivity contribution is 5.78. The predicted octanol–water partition coefficient (Wildman–Crippen LogP) is 1.14. The molecular formula is C11H20N2O. The first-order valence-electron chi connectivity index (χ1n) is 5.79. The molecule has 3 nitrogen and oxygen atoms in total. The average Bonchev–Trinajstić information content (AvgIpc) is 2.93. The lowest BCUT2D eigenvalue weighted by Crippen LogP contribution is -2.44. The second-order valence-corrected chi connectivity index (χ2v) is 4.66. The van der Waals surface area contributed by atoms with Gasteiger partial charge in [0.1, 0.15) is 0 Å². The van der Waals surface area contributed by atoms with Gasteiger partial charge in [-0.3, -0.25) is 9.69 Å². The summed E-state index contributed by atoms with van der Waals surface area (Å²) in [5.41, 5.74) is 0. The number of likely N-dealkylation sites (tertiary alicyclic amines) is 1. The maximum absolute atomic E-state index is 11.6. The van der Waals surface area contributed by atoms with Crippen LogP contribution in [0.15, 0.2) is 0 Å². The number of piperidine rings is 1. The van der Waals surface area contributed by atoms with Gasteiger partial charge in [-0.15, -0.1) is 0 Å². The zero-order valence-electron chi connectivity index (χ0n) is 8.96. The first kappa shape index (κ1) is 9.97. The normalized spacial score (nSPS) is 28.8. The van der Waals surface area contributed by atoms with Crippen LogP contribution in [0.1, 0.15) is 39.0 Å². The summed E-state index contributed by atoms with van der Waals surface area (Å²) in [6.07, 6.45) is 6.18. The molecule has 2 rings (SSSR count). The van der Waals surface area contributed by atoms with Crippen LogP contribution in [-0.4, -0.2) is 36.0 Å². The molecule has 1 aliphatic carbocycles. The van der Waals surface area contributed by atoms with Crippen LogP contribution in [0.4, 0.5) is 0 Å². The summed E-state index contributed by atoms with van der Waals surface area (Å²) in [6, 6.07) is 1.09. The summed E-state index contributed by atoms with van der Waals surface area (Å²) in [5.74, 6) is 0.223. The average molecular weight is 196 g/mol. The molecule has 0 aromatic rings. The lowest BCUT2D eigenvalue weighted by molar-refractivity contribution is -0.123. The molecule has 0 bridgehead atoms. The number of nitrogens with zero attached hydrogens (tertiary/aromatic N) is 1. The monoisotopic (exact) mass is 196 g/mol. The molecule has 1 heterocycles. The summed E-state index contributed by atoms with van der Waals surface area (Å²) in [7, 11) is 0. The van der Waals surface area contributed by atoms with E-state index in [-0.39, 0.29) is 5.91 Å². The van der Waals surface area contributed by atoms with Gasteiger partial charge in [-0.25, -0.2) is 0 Å². The largest absolute Gasteiger partial charge is 0.352 e. The van der Waals surface area contributed by atoms with Crippen LogP contribution in [0, 0.1) is 0 Å². The van der Waals surface area contributed by atoms with E-state index in [4.69, 9.17) is 0 Å². The van der Waals surface area contributed by atoms with E-state index in [0.717, 1.165) is 6.54 Å². The van der Waals surface area contributed by atoms with Crippen LogP contribution in [0.5, 0.6) is 0 Å². The maximum Gasteiger partial charge on any atom is 0.234 e. The van der Waals surface area contributed by atoms with Gasteiger partial charge in [-0.2, -0.15) is 0 Å². The fourth-order valence-corrected chi connectivity index (χ4v) is 2.08. The summed E-state index contributed by atoms with van der Waals surface area (Å²) in [6.45, 7) is 3.93. The third kappa shape index (κ3) is 2.71. The van der Waals surface area contributed by atoms with E-state index in [1.54, 1.807) is 0 Å². The molecule has 0 aromatic heterocycles. The quantitative estimate of drug-likeness (QED) is 0.734. The Morgan fingerprint density at radius 2 is 2.14 bits per heavy atom. The van der Waals surface area contributed by atoms with E-state index < -0.39 is 0 Å². The van der Waals surface area contributed by atoms with Gasteiger partial charge >= 0.3 is 0 Å². The van der Waals surface area contributed by atoms with Gasteiger partial charge in [0.05, 0.1) is 6.54 Å². The molecule has 14 heavy (non-hydrogen) atoms. The number of hydrogen-bond donors (Lipinski definition) is 1. The maximum atomic E-state index is 11.6. The van der Waals surface area contributed by atoms with Crippen LogP contribution < -0.4 is 5.32 Å². The molecule has 3 heteroatoms. The Balaban J connectivity index is 1.73. The van der Waals surface area contributed by atoms with Crippen LogP contribution in [0.3, 0.4) is 0 Å². The molecular weight excluding hydrogens is 176 g/mol. The molecule has 2 fully saturated rings. The molecule has 0 radical (unpaired) electrons. The smallest absolute Gasteiger partial charge is 0.234 e. The van der Waals surface area contributed by atoms with Crippen molar-refractivity contribution in [2.75, 3.05) is 13.1 Å². The van der Waals surface area contributed by atoms with Gasteiger partial charge in [-0.05, 0) is 39.2 Å². The Labute approximate surface area is 85.8 Å². The predicted molar refractivity (Wildman–Crippen MR) is 56.1 cm³/mol. The van der Waals surface area contributed by atoms with Crippen molar-refractivity contribution in [2.45, 2.75) is 51.1 Å². The lowest BCUT2D eigenvalue weighted by atomic mass is 10.0. The first-order chi connectivity index (χ1) is 6.75. The van der Waals surface area contributed by atoms with Gasteiger partial charge in [-0.1, -0.05) is 6.42 Å².